The summed E-state index contributed by atoms with van der Waals surface area (Å²) in [6.45, 7) is 7.20. The molecule has 7 heteroatoms. The van der Waals surface area contributed by atoms with Crippen molar-refractivity contribution in [1.29, 1.82) is 0 Å². The van der Waals surface area contributed by atoms with E-state index in [0.29, 0.717) is 10.9 Å². The second-order valence-corrected chi connectivity index (χ2v) is 11.1. The Morgan fingerprint density at radius 2 is 1.86 bits per heavy atom. The van der Waals surface area contributed by atoms with Gasteiger partial charge in [-0.05, 0) is 70.1 Å². The number of likely N-dealkylation sites (tertiary alicyclic amines) is 1. The first-order valence-corrected chi connectivity index (χ1v) is 12.2. The van der Waals surface area contributed by atoms with Gasteiger partial charge >= 0.3 is 6.09 Å². The Kier molecular flexibility index (Phi) is 7.80. The molecule has 0 radical (unpaired) electrons. The number of sulfone groups is 1. The van der Waals surface area contributed by atoms with Crippen LogP contribution in [0.15, 0.2) is 23.1 Å². The minimum absolute atomic E-state index is 0.190. The molecule has 5 nitrogen and oxygen atoms in total. The van der Waals surface area contributed by atoms with Crippen molar-refractivity contribution in [3.63, 3.8) is 0 Å². The van der Waals surface area contributed by atoms with Gasteiger partial charge in [0, 0.05) is 19.3 Å². The van der Waals surface area contributed by atoms with Crippen LogP contribution in [-0.4, -0.2) is 44.4 Å². The predicted molar refractivity (Wildman–Crippen MR) is 113 cm³/mol. The molecule has 1 aromatic rings. The van der Waals surface area contributed by atoms with Gasteiger partial charge in [-0.15, -0.1) is 0 Å². The summed E-state index contributed by atoms with van der Waals surface area (Å²) in [5.41, 5.74) is 0.619. The largest absolute Gasteiger partial charge is 0.444 e. The van der Waals surface area contributed by atoms with E-state index in [1.165, 1.54) is 6.26 Å². The zero-order valence-electron chi connectivity index (χ0n) is 17.3. The molecule has 1 saturated heterocycles. The lowest BCUT2D eigenvalue weighted by atomic mass is 9.91. The van der Waals surface area contributed by atoms with Crippen LogP contribution in [0.25, 0.3) is 0 Å². The Bertz CT molecular complexity index is 778. The number of nitrogens with zero attached hydrogens (tertiary/aromatic N) is 1. The predicted octanol–water partition coefficient (Wildman–Crippen LogP) is 5.10. The maximum absolute atomic E-state index is 12.1. The van der Waals surface area contributed by atoms with E-state index < -0.39 is 15.4 Å². The van der Waals surface area contributed by atoms with Crippen LogP contribution in [0.4, 0.5) is 4.79 Å². The zero-order chi connectivity index (χ0) is 20.9. The number of amides is 1. The fraction of sp³-hybridized carbons (Fsp3) is 0.667. The molecule has 2 rings (SSSR count). The third kappa shape index (κ3) is 7.28. The topological polar surface area (TPSA) is 63.7 Å². The second-order valence-electron chi connectivity index (χ2n) is 8.69. The number of carbonyl (C=O) groups is 1. The zero-order valence-corrected chi connectivity index (χ0v) is 18.9. The molecule has 0 atom stereocenters. The van der Waals surface area contributed by atoms with Crippen molar-refractivity contribution in [2.75, 3.05) is 19.3 Å². The highest BCUT2D eigenvalue weighted by atomic mass is 35.5. The maximum Gasteiger partial charge on any atom is 0.410 e. The van der Waals surface area contributed by atoms with Crippen LogP contribution < -0.4 is 0 Å². The molecule has 0 N–H and O–H groups in total. The number of hydrogen-bond donors (Lipinski definition) is 0. The number of rotatable bonds is 6. The molecule has 0 spiro atoms. The monoisotopic (exact) mass is 429 g/mol. The molecule has 0 unspecified atom stereocenters. The number of carbonyl (C=O) groups excluding carboxylic acids is 1. The van der Waals surface area contributed by atoms with Crippen molar-refractivity contribution >= 4 is 27.5 Å². The van der Waals surface area contributed by atoms with E-state index >= 15 is 0 Å². The molecule has 1 aromatic carbocycles. The van der Waals surface area contributed by atoms with Crippen molar-refractivity contribution in [2.45, 2.75) is 69.8 Å². The van der Waals surface area contributed by atoms with E-state index in [1.807, 2.05) is 31.7 Å². The summed E-state index contributed by atoms with van der Waals surface area (Å²) >= 11 is 6.11. The molecule has 1 aliphatic rings. The molecular weight excluding hydrogens is 398 g/mol. The number of halogens is 1. The van der Waals surface area contributed by atoms with Gasteiger partial charge in [-0.2, -0.15) is 0 Å². The van der Waals surface area contributed by atoms with Crippen molar-refractivity contribution in [1.82, 2.24) is 4.90 Å². The van der Waals surface area contributed by atoms with Crippen LogP contribution in [0, 0.1) is 5.92 Å². The van der Waals surface area contributed by atoms with E-state index in [-0.39, 0.29) is 11.0 Å². The number of benzene rings is 1. The van der Waals surface area contributed by atoms with Crippen LogP contribution in [0.5, 0.6) is 0 Å². The molecule has 0 aliphatic carbocycles. The third-order valence-corrected chi connectivity index (χ3v) is 6.57. The molecule has 1 heterocycles. The van der Waals surface area contributed by atoms with Crippen LogP contribution >= 0.6 is 11.6 Å². The van der Waals surface area contributed by atoms with Crippen LogP contribution in [0.3, 0.4) is 0 Å². The van der Waals surface area contributed by atoms with Gasteiger partial charge in [0.25, 0.3) is 0 Å². The molecule has 0 aromatic heterocycles. The summed E-state index contributed by atoms with van der Waals surface area (Å²) in [5.74, 6) is 0.648. The van der Waals surface area contributed by atoms with Gasteiger partial charge in [0.2, 0.25) is 0 Å². The van der Waals surface area contributed by atoms with Crippen LogP contribution in [0.1, 0.15) is 58.4 Å². The Morgan fingerprint density at radius 3 is 2.39 bits per heavy atom. The Balaban J connectivity index is 1.70. The quantitative estimate of drug-likeness (QED) is 0.590. The Hall–Kier alpha value is -1.27. The van der Waals surface area contributed by atoms with Gasteiger partial charge in [-0.25, -0.2) is 13.2 Å². The van der Waals surface area contributed by atoms with Gasteiger partial charge in [0.15, 0.2) is 9.84 Å². The van der Waals surface area contributed by atoms with E-state index in [1.54, 1.807) is 12.1 Å². The van der Waals surface area contributed by atoms with Gasteiger partial charge in [0.1, 0.15) is 5.60 Å². The lowest BCUT2D eigenvalue weighted by Gasteiger charge is -2.33. The van der Waals surface area contributed by atoms with E-state index in [4.69, 9.17) is 16.3 Å². The Morgan fingerprint density at radius 1 is 1.21 bits per heavy atom. The molecule has 1 aliphatic heterocycles. The van der Waals surface area contributed by atoms with E-state index in [2.05, 4.69) is 0 Å². The fourth-order valence-electron chi connectivity index (χ4n) is 3.49. The Labute approximate surface area is 174 Å². The molecule has 0 saturated carbocycles. The minimum Gasteiger partial charge on any atom is -0.444 e. The average molecular weight is 430 g/mol. The third-order valence-electron chi connectivity index (χ3n) is 4.99. The van der Waals surface area contributed by atoms with Gasteiger partial charge in [-0.1, -0.05) is 30.5 Å². The highest BCUT2D eigenvalue weighted by Gasteiger charge is 2.26. The van der Waals surface area contributed by atoms with Crippen molar-refractivity contribution in [3.8, 4) is 0 Å². The standard InChI is InChI=1S/C21H32ClNO4S/c1-21(2,3)27-20(24)23-13-11-16(12-14-23)7-5-6-8-17-9-10-19(18(22)15-17)28(4,25)26/h9-10,15-16H,5-8,11-14H2,1-4H3. The summed E-state index contributed by atoms with van der Waals surface area (Å²) < 4.78 is 28.7. The number of piperidine rings is 1. The summed E-state index contributed by atoms with van der Waals surface area (Å²) in [4.78, 5) is 14.1. The first kappa shape index (κ1) is 23.0. The normalized spacial score (nSPS) is 16.2. The van der Waals surface area contributed by atoms with Gasteiger partial charge < -0.3 is 9.64 Å². The summed E-state index contributed by atoms with van der Waals surface area (Å²) in [7, 11) is -3.28. The van der Waals surface area contributed by atoms with E-state index in [9.17, 15) is 13.2 Å². The summed E-state index contributed by atoms with van der Waals surface area (Å²) in [6, 6.07) is 5.21. The van der Waals surface area contributed by atoms with Crippen molar-refractivity contribution in [2.24, 2.45) is 5.92 Å². The molecule has 28 heavy (non-hydrogen) atoms. The van der Waals surface area contributed by atoms with Crippen molar-refractivity contribution in [3.05, 3.63) is 28.8 Å². The average Bonchev–Trinajstić information content (AvgIpc) is 2.56. The molecule has 1 fully saturated rings. The SMILES string of the molecule is CC(C)(C)OC(=O)N1CCC(CCCCc2ccc(S(C)(=O)=O)c(Cl)c2)CC1. The van der Waals surface area contributed by atoms with E-state index in [0.717, 1.165) is 57.2 Å². The summed E-state index contributed by atoms with van der Waals surface area (Å²) in [6.07, 6.45) is 7.20. The smallest absolute Gasteiger partial charge is 0.410 e. The molecular formula is C21H32ClNO4S. The number of unbranched alkanes of at least 4 members (excludes halogenated alkanes) is 1. The lowest BCUT2D eigenvalue weighted by molar-refractivity contribution is 0.0180. The second kappa shape index (κ2) is 9.49. The summed E-state index contributed by atoms with van der Waals surface area (Å²) in [5, 5.41) is 0.300. The first-order chi connectivity index (χ1) is 13.0. The minimum atomic E-state index is -3.28. The molecule has 0 bridgehead atoms. The molecule has 1 amide bonds. The van der Waals surface area contributed by atoms with Gasteiger partial charge in [0.05, 0.1) is 9.92 Å². The number of aryl methyl sites for hydroxylation is 1. The van der Waals surface area contributed by atoms with Crippen LogP contribution in [-0.2, 0) is 21.0 Å². The first-order valence-electron chi connectivity index (χ1n) is 9.92. The number of hydrogen-bond acceptors (Lipinski definition) is 4. The molecule has 158 valence electrons. The highest BCUT2D eigenvalue weighted by molar-refractivity contribution is 7.90. The van der Waals surface area contributed by atoms with Gasteiger partial charge in [-0.3, -0.25) is 0 Å². The fourth-order valence-corrected chi connectivity index (χ4v) is 4.85. The maximum atomic E-state index is 12.1. The highest BCUT2D eigenvalue weighted by Crippen LogP contribution is 2.26. The number of ether oxygens (including phenoxy) is 1. The van der Waals surface area contributed by atoms with Crippen LogP contribution in [0.2, 0.25) is 5.02 Å². The van der Waals surface area contributed by atoms with Crippen molar-refractivity contribution < 1.29 is 17.9 Å². The lowest BCUT2D eigenvalue weighted by Crippen LogP contribution is -2.41.